The average Bonchev–Trinajstić information content (AvgIpc) is 2.46. The van der Waals surface area contributed by atoms with E-state index in [9.17, 15) is 9.46 Å². The van der Waals surface area contributed by atoms with E-state index in [1.165, 1.54) is 0 Å². The highest BCUT2D eigenvalue weighted by molar-refractivity contribution is 7.47. The highest BCUT2D eigenvalue weighted by atomic mass is 31.2. The second-order valence-electron chi connectivity index (χ2n) is 3.74. The van der Waals surface area contributed by atoms with Crippen molar-refractivity contribution >= 4 is 7.82 Å². The Hall–Kier alpha value is -1.59. The molecule has 0 atom stereocenters. The van der Waals surface area contributed by atoms with Crippen molar-refractivity contribution in [3.63, 3.8) is 0 Å². The molecule has 2 heterocycles. The van der Waals surface area contributed by atoms with Crippen LogP contribution >= 0.6 is 7.82 Å². The summed E-state index contributed by atoms with van der Waals surface area (Å²) in [4.78, 5) is 17.3. The summed E-state index contributed by atoms with van der Waals surface area (Å²) >= 11 is 0. The lowest BCUT2D eigenvalue weighted by Gasteiger charge is -2.11. The molecular weight excluding hydrogens is 267 g/mol. The first-order chi connectivity index (χ1) is 9.16. The molecule has 0 spiro atoms. The minimum atomic E-state index is -4.08. The van der Waals surface area contributed by atoms with Crippen molar-refractivity contribution in [2.24, 2.45) is 0 Å². The fraction of sp³-hybridized carbons (Fsp3) is 0.167. The van der Waals surface area contributed by atoms with Gasteiger partial charge in [0.05, 0.1) is 13.2 Å². The first kappa shape index (κ1) is 13.8. The minimum Gasteiger partial charge on any atom is -0.302 e. The molecule has 6 nitrogen and oxygen atoms in total. The zero-order valence-corrected chi connectivity index (χ0v) is 10.9. The Morgan fingerprint density at radius 1 is 1.00 bits per heavy atom. The first-order valence-electron chi connectivity index (χ1n) is 5.55. The second kappa shape index (κ2) is 6.54. The molecule has 100 valence electrons. The molecule has 7 heteroatoms. The molecule has 0 unspecified atom stereocenters. The predicted molar refractivity (Wildman–Crippen MR) is 67.9 cm³/mol. The minimum absolute atomic E-state index is 0.0331. The van der Waals surface area contributed by atoms with Crippen molar-refractivity contribution in [3.8, 4) is 0 Å². The van der Waals surface area contributed by atoms with E-state index in [1.54, 1.807) is 49.1 Å². The molecule has 0 aliphatic heterocycles. The number of hydrogen-bond acceptors (Lipinski definition) is 5. The maximum absolute atomic E-state index is 11.6. The van der Waals surface area contributed by atoms with Gasteiger partial charge < -0.3 is 4.89 Å². The van der Waals surface area contributed by atoms with Gasteiger partial charge in [0.2, 0.25) is 0 Å². The summed E-state index contributed by atoms with van der Waals surface area (Å²) in [6.45, 7) is -0.0662. The van der Waals surface area contributed by atoms with Crippen molar-refractivity contribution in [1.82, 2.24) is 9.97 Å². The van der Waals surface area contributed by atoms with Crippen LogP contribution in [0.2, 0.25) is 0 Å². The summed E-state index contributed by atoms with van der Waals surface area (Å²) in [5, 5.41) is 0. The standard InChI is InChI=1S/C12H13N2O4P/c15-19(16,17-9-11-3-1-5-13-7-11)18-10-12-4-2-6-14-8-12/h1-8H,9-10H2,(H,15,16). The van der Waals surface area contributed by atoms with Crippen LogP contribution in [0.4, 0.5) is 0 Å². The summed E-state index contributed by atoms with van der Waals surface area (Å²) in [7, 11) is -4.08. The van der Waals surface area contributed by atoms with Gasteiger partial charge in [0, 0.05) is 24.8 Å². The molecule has 1 N–H and O–H groups in total. The normalized spacial score (nSPS) is 11.4. The van der Waals surface area contributed by atoms with Gasteiger partial charge >= 0.3 is 7.82 Å². The van der Waals surface area contributed by atoms with E-state index in [-0.39, 0.29) is 13.2 Å². The third-order valence-corrected chi connectivity index (χ3v) is 3.15. The summed E-state index contributed by atoms with van der Waals surface area (Å²) in [6, 6.07) is 6.93. The molecule has 19 heavy (non-hydrogen) atoms. The lowest BCUT2D eigenvalue weighted by atomic mass is 10.3. The zero-order chi connectivity index (χ0) is 13.6. The summed E-state index contributed by atoms with van der Waals surface area (Å²) in [5.74, 6) is 0. The second-order valence-corrected chi connectivity index (χ2v) is 5.19. The van der Waals surface area contributed by atoms with Crippen molar-refractivity contribution in [2.75, 3.05) is 0 Å². The van der Waals surface area contributed by atoms with Gasteiger partial charge in [-0.1, -0.05) is 12.1 Å². The van der Waals surface area contributed by atoms with Gasteiger partial charge in [-0.25, -0.2) is 4.57 Å². The topological polar surface area (TPSA) is 81.5 Å². The number of nitrogens with zero attached hydrogens (tertiary/aromatic N) is 2. The Balaban J connectivity index is 1.84. The van der Waals surface area contributed by atoms with E-state index in [1.807, 2.05) is 0 Å². The SMILES string of the molecule is O=P(O)(OCc1cccnc1)OCc1cccnc1. The van der Waals surface area contributed by atoms with E-state index in [2.05, 4.69) is 9.97 Å². The number of pyridine rings is 2. The van der Waals surface area contributed by atoms with Crippen molar-refractivity contribution < 1.29 is 18.5 Å². The van der Waals surface area contributed by atoms with Crippen molar-refractivity contribution in [3.05, 3.63) is 60.2 Å². The van der Waals surface area contributed by atoms with Gasteiger partial charge in [-0.3, -0.25) is 19.0 Å². The Kier molecular flexibility index (Phi) is 4.76. The third kappa shape index (κ3) is 4.89. The van der Waals surface area contributed by atoms with Crippen LogP contribution in [-0.4, -0.2) is 14.9 Å². The Labute approximate surface area is 110 Å². The van der Waals surface area contributed by atoms with Gasteiger partial charge in [-0.05, 0) is 23.3 Å². The molecule has 2 aromatic heterocycles. The lowest BCUT2D eigenvalue weighted by molar-refractivity contribution is 0.137. The fourth-order valence-electron chi connectivity index (χ4n) is 1.32. The summed E-state index contributed by atoms with van der Waals surface area (Å²) < 4.78 is 21.4. The largest absolute Gasteiger partial charge is 0.472 e. The number of rotatable bonds is 6. The molecule has 0 radical (unpaired) electrons. The monoisotopic (exact) mass is 280 g/mol. The smallest absolute Gasteiger partial charge is 0.302 e. The van der Waals surface area contributed by atoms with Crippen molar-refractivity contribution in [2.45, 2.75) is 13.2 Å². The van der Waals surface area contributed by atoms with E-state index < -0.39 is 7.82 Å². The Morgan fingerprint density at radius 3 is 1.84 bits per heavy atom. The van der Waals surface area contributed by atoms with Crippen LogP contribution in [0, 0.1) is 0 Å². The quantitative estimate of drug-likeness (QED) is 0.818. The molecule has 0 saturated heterocycles. The van der Waals surface area contributed by atoms with E-state index in [4.69, 9.17) is 9.05 Å². The molecular formula is C12H13N2O4P. The van der Waals surface area contributed by atoms with Crippen LogP contribution in [0.15, 0.2) is 49.1 Å². The van der Waals surface area contributed by atoms with E-state index >= 15 is 0 Å². The lowest BCUT2D eigenvalue weighted by Crippen LogP contribution is -1.97. The molecule has 0 bridgehead atoms. The molecule has 0 saturated carbocycles. The zero-order valence-electron chi connectivity index (χ0n) is 10.0. The van der Waals surface area contributed by atoms with Crippen LogP contribution in [0.3, 0.4) is 0 Å². The van der Waals surface area contributed by atoms with Crippen LogP contribution in [0.25, 0.3) is 0 Å². The predicted octanol–water partition coefficient (Wildman–Crippen LogP) is 2.31. The number of hydrogen-bond donors (Lipinski definition) is 1. The molecule has 2 rings (SSSR count). The average molecular weight is 280 g/mol. The fourth-order valence-corrected chi connectivity index (χ4v) is 2.02. The van der Waals surface area contributed by atoms with Gasteiger partial charge in [-0.15, -0.1) is 0 Å². The van der Waals surface area contributed by atoms with Crippen LogP contribution in [0.5, 0.6) is 0 Å². The summed E-state index contributed by atoms with van der Waals surface area (Å²) in [6.07, 6.45) is 6.34. The molecule has 0 aliphatic carbocycles. The molecule has 0 aliphatic rings. The number of phosphoric acid groups is 1. The molecule has 2 aromatic rings. The number of aromatic nitrogens is 2. The highest BCUT2D eigenvalue weighted by Crippen LogP contribution is 2.44. The van der Waals surface area contributed by atoms with Gasteiger partial charge in [0.25, 0.3) is 0 Å². The Morgan fingerprint density at radius 2 is 1.47 bits per heavy atom. The van der Waals surface area contributed by atoms with Gasteiger partial charge in [0.15, 0.2) is 0 Å². The maximum Gasteiger partial charge on any atom is 0.472 e. The molecule has 0 amide bonds. The number of phosphoric ester groups is 1. The van der Waals surface area contributed by atoms with Crippen LogP contribution in [0.1, 0.15) is 11.1 Å². The molecule has 0 aromatic carbocycles. The molecule has 0 fully saturated rings. The first-order valence-corrected chi connectivity index (χ1v) is 7.05. The Bertz CT molecular complexity index is 503. The van der Waals surface area contributed by atoms with E-state index in [0.29, 0.717) is 11.1 Å². The third-order valence-electron chi connectivity index (χ3n) is 2.23. The van der Waals surface area contributed by atoms with Gasteiger partial charge in [-0.2, -0.15) is 0 Å². The van der Waals surface area contributed by atoms with E-state index in [0.717, 1.165) is 0 Å². The maximum atomic E-state index is 11.6. The highest BCUT2D eigenvalue weighted by Gasteiger charge is 2.21. The van der Waals surface area contributed by atoms with Crippen molar-refractivity contribution in [1.29, 1.82) is 0 Å². The van der Waals surface area contributed by atoms with Gasteiger partial charge in [0.1, 0.15) is 0 Å². The van der Waals surface area contributed by atoms with Crippen LogP contribution < -0.4 is 0 Å². The van der Waals surface area contributed by atoms with Crippen LogP contribution in [-0.2, 0) is 26.8 Å². The summed E-state index contributed by atoms with van der Waals surface area (Å²) in [5.41, 5.74) is 1.39.